The Morgan fingerprint density at radius 3 is 2.15 bits per heavy atom. The van der Waals surface area contributed by atoms with Crippen molar-refractivity contribution in [3.63, 3.8) is 0 Å². The molecule has 0 heterocycles. The lowest BCUT2D eigenvalue weighted by Gasteiger charge is -2.41. The number of carboxylic acids is 1. The Bertz CT molecular complexity index is 817. The highest BCUT2D eigenvalue weighted by Crippen LogP contribution is 2.39. The first-order valence-electron chi connectivity index (χ1n) is 9.48. The molecular formula is C22H26N2O3. The van der Waals surface area contributed by atoms with Gasteiger partial charge in [0.05, 0.1) is 5.69 Å². The molecule has 1 atom stereocenters. The highest BCUT2D eigenvalue weighted by atomic mass is 16.4. The summed E-state index contributed by atoms with van der Waals surface area (Å²) < 4.78 is 0. The van der Waals surface area contributed by atoms with E-state index in [1.54, 1.807) is 5.01 Å². The van der Waals surface area contributed by atoms with Gasteiger partial charge in [0.15, 0.2) is 5.41 Å². The lowest BCUT2D eigenvalue weighted by Crippen LogP contribution is -2.57. The second-order valence-electron chi connectivity index (χ2n) is 6.92. The zero-order chi connectivity index (χ0) is 19.4. The first-order chi connectivity index (χ1) is 13.0. The number of carbonyl (C=O) groups is 2. The third-order valence-corrected chi connectivity index (χ3v) is 5.46. The van der Waals surface area contributed by atoms with Crippen LogP contribution in [0, 0.1) is 5.41 Å². The number of aliphatic carboxylic acids is 1. The van der Waals surface area contributed by atoms with Crippen molar-refractivity contribution in [3.8, 4) is 0 Å². The van der Waals surface area contributed by atoms with Gasteiger partial charge in [-0.25, -0.2) is 10.0 Å². The Balaban J connectivity index is 2.06. The molecule has 3 rings (SSSR count). The van der Waals surface area contributed by atoms with Crippen molar-refractivity contribution in [2.24, 2.45) is 5.41 Å². The summed E-state index contributed by atoms with van der Waals surface area (Å²) in [6, 6.07) is 17.1. The van der Waals surface area contributed by atoms with E-state index in [-0.39, 0.29) is 12.3 Å². The molecule has 1 N–H and O–H groups in total. The highest BCUT2D eigenvalue weighted by Gasteiger charge is 2.51. The third-order valence-electron chi connectivity index (χ3n) is 5.46. The number of fused-ring (bicyclic) bond motifs is 1. The van der Waals surface area contributed by atoms with E-state index in [9.17, 15) is 14.7 Å². The second-order valence-corrected chi connectivity index (χ2v) is 6.92. The van der Waals surface area contributed by atoms with Crippen molar-refractivity contribution in [2.45, 2.75) is 33.1 Å². The summed E-state index contributed by atoms with van der Waals surface area (Å²) in [6.45, 7) is 5.17. The fourth-order valence-corrected chi connectivity index (χ4v) is 3.88. The fraction of sp³-hybridized carbons (Fsp3) is 0.364. The van der Waals surface area contributed by atoms with Crippen LogP contribution in [0.15, 0.2) is 54.6 Å². The summed E-state index contributed by atoms with van der Waals surface area (Å²) >= 11 is 0. The van der Waals surface area contributed by atoms with Gasteiger partial charge in [-0.15, -0.1) is 0 Å². The van der Waals surface area contributed by atoms with Gasteiger partial charge in [-0.05, 0) is 42.5 Å². The smallest absolute Gasteiger partial charge is 0.319 e. The van der Waals surface area contributed by atoms with E-state index in [1.165, 1.54) is 0 Å². The molecule has 142 valence electrons. The molecule has 2 aromatic carbocycles. The summed E-state index contributed by atoms with van der Waals surface area (Å²) in [5.41, 5.74) is 1.33. The number of amides is 1. The number of anilines is 1. The topological polar surface area (TPSA) is 60.9 Å². The molecule has 0 saturated carbocycles. The predicted molar refractivity (Wildman–Crippen MR) is 105 cm³/mol. The molecule has 1 aliphatic carbocycles. The van der Waals surface area contributed by atoms with Crippen molar-refractivity contribution in [1.29, 1.82) is 0 Å². The Morgan fingerprint density at radius 2 is 1.56 bits per heavy atom. The van der Waals surface area contributed by atoms with Crippen LogP contribution in [0.25, 0.3) is 0 Å². The van der Waals surface area contributed by atoms with Gasteiger partial charge in [-0.3, -0.25) is 9.59 Å². The van der Waals surface area contributed by atoms with Gasteiger partial charge in [-0.2, -0.15) is 0 Å². The SMILES string of the molecule is CCN(CC)N(C(=O)C1(C(=O)O)CCc2ccccc2C1)c1ccccc1. The number of para-hydroxylation sites is 1. The average molecular weight is 366 g/mol. The van der Waals surface area contributed by atoms with Gasteiger partial charge >= 0.3 is 5.97 Å². The van der Waals surface area contributed by atoms with Crippen LogP contribution >= 0.6 is 0 Å². The first-order valence-corrected chi connectivity index (χ1v) is 9.48. The normalized spacial score (nSPS) is 18.8. The highest BCUT2D eigenvalue weighted by molar-refractivity contribution is 6.09. The molecule has 1 aliphatic rings. The van der Waals surface area contributed by atoms with Crippen LogP contribution in [0.3, 0.4) is 0 Å². The van der Waals surface area contributed by atoms with E-state index in [2.05, 4.69) is 0 Å². The first kappa shape index (κ1) is 19.1. The molecule has 5 nitrogen and oxygen atoms in total. The summed E-state index contributed by atoms with van der Waals surface area (Å²) in [4.78, 5) is 26.1. The van der Waals surface area contributed by atoms with Crippen LogP contribution in [0.1, 0.15) is 31.4 Å². The molecule has 5 heteroatoms. The molecule has 0 aliphatic heterocycles. The fourth-order valence-electron chi connectivity index (χ4n) is 3.88. The summed E-state index contributed by atoms with van der Waals surface area (Å²) in [6.07, 6.45) is 1.12. The van der Waals surface area contributed by atoms with Gasteiger partial charge in [0.1, 0.15) is 0 Å². The van der Waals surface area contributed by atoms with Crippen molar-refractivity contribution in [2.75, 3.05) is 18.1 Å². The average Bonchev–Trinajstić information content (AvgIpc) is 2.71. The minimum absolute atomic E-state index is 0.224. The van der Waals surface area contributed by atoms with Crippen LogP contribution < -0.4 is 5.01 Å². The molecular weight excluding hydrogens is 340 g/mol. The molecule has 27 heavy (non-hydrogen) atoms. The van der Waals surface area contributed by atoms with Crippen molar-refractivity contribution >= 4 is 17.6 Å². The number of rotatable bonds is 6. The molecule has 0 bridgehead atoms. The van der Waals surface area contributed by atoms with E-state index >= 15 is 0 Å². The van der Waals surface area contributed by atoms with E-state index in [0.717, 1.165) is 11.1 Å². The standard InChI is InChI=1S/C22H26N2O3/c1-3-23(4-2)24(19-12-6-5-7-13-19)20(25)22(21(26)27)15-14-17-10-8-9-11-18(17)16-22/h5-13H,3-4,14-16H2,1-2H3,(H,26,27). The Morgan fingerprint density at radius 1 is 0.963 bits per heavy atom. The Labute approximate surface area is 160 Å². The van der Waals surface area contributed by atoms with Crippen LogP contribution in [-0.4, -0.2) is 35.1 Å². The lowest BCUT2D eigenvalue weighted by atomic mass is 9.70. The van der Waals surface area contributed by atoms with Crippen LogP contribution in [-0.2, 0) is 22.4 Å². The third kappa shape index (κ3) is 3.47. The summed E-state index contributed by atoms with van der Waals surface area (Å²) in [7, 11) is 0. The predicted octanol–water partition coefficient (Wildman–Crippen LogP) is 3.54. The molecule has 2 aromatic rings. The van der Waals surface area contributed by atoms with Gasteiger partial charge < -0.3 is 5.11 Å². The van der Waals surface area contributed by atoms with Gasteiger partial charge in [0, 0.05) is 13.1 Å². The number of hydrogen-bond donors (Lipinski definition) is 1. The minimum atomic E-state index is -1.45. The maximum absolute atomic E-state index is 13.7. The van der Waals surface area contributed by atoms with E-state index in [1.807, 2.05) is 73.5 Å². The minimum Gasteiger partial charge on any atom is -0.480 e. The zero-order valence-electron chi connectivity index (χ0n) is 15.9. The molecule has 0 fully saturated rings. The monoisotopic (exact) mass is 366 g/mol. The van der Waals surface area contributed by atoms with E-state index in [0.29, 0.717) is 31.6 Å². The maximum atomic E-state index is 13.7. The number of hydrazine groups is 1. The maximum Gasteiger partial charge on any atom is 0.319 e. The van der Waals surface area contributed by atoms with Gasteiger partial charge in [0.2, 0.25) is 0 Å². The second kappa shape index (κ2) is 7.92. The van der Waals surface area contributed by atoms with Crippen molar-refractivity contribution in [3.05, 3.63) is 65.7 Å². The molecule has 0 saturated heterocycles. The van der Waals surface area contributed by atoms with E-state index < -0.39 is 11.4 Å². The van der Waals surface area contributed by atoms with Crippen molar-refractivity contribution in [1.82, 2.24) is 5.01 Å². The number of carbonyl (C=O) groups excluding carboxylic acids is 1. The van der Waals surface area contributed by atoms with Crippen LogP contribution in [0.4, 0.5) is 5.69 Å². The summed E-state index contributed by atoms with van der Waals surface area (Å²) in [5, 5.41) is 13.6. The molecule has 0 radical (unpaired) electrons. The van der Waals surface area contributed by atoms with Crippen LogP contribution in [0.2, 0.25) is 0 Å². The number of nitrogens with zero attached hydrogens (tertiary/aromatic N) is 2. The number of carboxylic acid groups (broad SMARTS) is 1. The molecule has 0 aromatic heterocycles. The molecule has 0 spiro atoms. The lowest BCUT2D eigenvalue weighted by molar-refractivity contribution is -0.157. The molecule has 1 amide bonds. The Kier molecular flexibility index (Phi) is 5.61. The Hall–Kier alpha value is -2.66. The number of hydrogen-bond acceptors (Lipinski definition) is 3. The quantitative estimate of drug-likeness (QED) is 0.627. The number of benzene rings is 2. The number of aryl methyl sites for hydroxylation is 1. The zero-order valence-corrected chi connectivity index (χ0v) is 15.9. The van der Waals surface area contributed by atoms with Gasteiger partial charge in [0.25, 0.3) is 5.91 Å². The summed E-state index contributed by atoms with van der Waals surface area (Å²) in [5.74, 6) is -1.41. The van der Waals surface area contributed by atoms with E-state index in [4.69, 9.17) is 0 Å². The van der Waals surface area contributed by atoms with Gasteiger partial charge in [-0.1, -0.05) is 56.3 Å². The molecule has 1 unspecified atom stereocenters. The van der Waals surface area contributed by atoms with Crippen molar-refractivity contribution < 1.29 is 14.7 Å². The largest absolute Gasteiger partial charge is 0.480 e. The van der Waals surface area contributed by atoms with Crippen LogP contribution in [0.5, 0.6) is 0 Å².